The van der Waals surface area contributed by atoms with Crippen molar-refractivity contribution in [3.63, 3.8) is 0 Å². The summed E-state index contributed by atoms with van der Waals surface area (Å²) in [5, 5.41) is 4.75. The summed E-state index contributed by atoms with van der Waals surface area (Å²) in [5.41, 5.74) is 1.69. The summed E-state index contributed by atoms with van der Waals surface area (Å²) in [6.07, 6.45) is 1.21. The zero-order valence-corrected chi connectivity index (χ0v) is 16.7. The molecule has 2 N–H and O–H groups in total. The van der Waals surface area contributed by atoms with Crippen LogP contribution in [0.1, 0.15) is 23.7 Å². The number of rotatable bonds is 8. The lowest BCUT2D eigenvalue weighted by Crippen LogP contribution is -2.22. The number of hydrogen-bond acceptors (Lipinski definition) is 6. The smallest absolute Gasteiger partial charge is 0.216 e. The summed E-state index contributed by atoms with van der Waals surface area (Å²) < 4.78 is 31.3. The third-order valence-corrected chi connectivity index (χ3v) is 7.56. The number of primary sulfonamides is 1. The zero-order valence-electron chi connectivity index (χ0n) is 14.3. The van der Waals surface area contributed by atoms with Gasteiger partial charge in [-0.3, -0.25) is 0 Å². The van der Waals surface area contributed by atoms with Gasteiger partial charge in [0.15, 0.2) is 4.34 Å². The van der Waals surface area contributed by atoms with E-state index in [0.29, 0.717) is 17.7 Å². The number of ether oxygens (including phenoxy) is 1. The number of nitrogens with zero attached hydrogens (tertiary/aromatic N) is 1. The van der Waals surface area contributed by atoms with Gasteiger partial charge in [0.1, 0.15) is 11.0 Å². The molecule has 0 amide bonds. The van der Waals surface area contributed by atoms with Gasteiger partial charge in [0, 0.05) is 5.75 Å². The van der Waals surface area contributed by atoms with E-state index in [1.807, 2.05) is 18.2 Å². The first-order valence-electron chi connectivity index (χ1n) is 8.11. The average molecular weight is 409 g/mol. The molecule has 0 saturated heterocycles. The Labute approximate surface area is 161 Å². The van der Waals surface area contributed by atoms with Gasteiger partial charge in [0.25, 0.3) is 0 Å². The van der Waals surface area contributed by atoms with E-state index in [4.69, 9.17) is 9.88 Å². The molecule has 0 saturated carbocycles. The van der Waals surface area contributed by atoms with Gasteiger partial charge in [-0.15, -0.1) is 11.3 Å². The molecule has 138 valence electrons. The molecule has 1 unspecified atom stereocenters. The third-order valence-electron chi connectivity index (χ3n) is 3.99. The maximum atomic E-state index is 12.0. The number of para-hydroxylation sites is 1. The Balaban J connectivity index is 1.60. The van der Waals surface area contributed by atoms with Crippen molar-refractivity contribution < 1.29 is 13.2 Å². The number of benzene rings is 2. The highest BCUT2D eigenvalue weighted by atomic mass is 32.2. The van der Waals surface area contributed by atoms with Gasteiger partial charge in [-0.2, -0.15) is 0 Å². The minimum atomic E-state index is -3.67. The molecule has 26 heavy (non-hydrogen) atoms. The number of thiazole rings is 1. The lowest BCUT2D eigenvalue weighted by molar-refractivity contribution is 0.414. The van der Waals surface area contributed by atoms with Gasteiger partial charge in [-0.25, -0.2) is 18.5 Å². The second-order valence-corrected chi connectivity index (χ2v) is 9.91. The Hall–Kier alpha value is -1.61. The number of hydrogen-bond donors (Lipinski definition) is 1. The first kappa shape index (κ1) is 19.2. The van der Waals surface area contributed by atoms with Gasteiger partial charge in [-0.05, 0) is 42.7 Å². The minimum absolute atomic E-state index is 0.475. The van der Waals surface area contributed by atoms with Crippen molar-refractivity contribution in [3.8, 4) is 5.75 Å². The number of nitrogens with two attached hydrogens (primary N) is 1. The fourth-order valence-electron chi connectivity index (χ4n) is 2.68. The summed E-state index contributed by atoms with van der Waals surface area (Å²) in [7, 11) is -2.09. The van der Waals surface area contributed by atoms with Crippen LogP contribution in [0.15, 0.2) is 52.9 Å². The molecular formula is C18H20N2O3S3. The van der Waals surface area contributed by atoms with Crippen molar-refractivity contribution in [1.82, 2.24) is 4.98 Å². The summed E-state index contributed by atoms with van der Waals surface area (Å²) in [6, 6.07) is 15.0. The van der Waals surface area contributed by atoms with Gasteiger partial charge in [0.2, 0.25) is 10.0 Å². The standard InChI is InChI=1S/C18H20N2O3S3/c1-23-14-10-8-13(9-11-14)17(26(19,21)22)7-4-12-24-18-20-15-5-2-3-6-16(15)25-18/h2-3,5-6,8-11,17H,4,7,12H2,1H3,(H2,19,21,22). The van der Waals surface area contributed by atoms with E-state index in [9.17, 15) is 8.42 Å². The van der Waals surface area contributed by atoms with Crippen LogP contribution >= 0.6 is 23.1 Å². The minimum Gasteiger partial charge on any atom is -0.497 e. The first-order chi connectivity index (χ1) is 12.5. The van der Waals surface area contributed by atoms with Crippen molar-refractivity contribution in [2.75, 3.05) is 12.9 Å². The van der Waals surface area contributed by atoms with Crippen LogP contribution in [0.3, 0.4) is 0 Å². The molecule has 0 radical (unpaired) electrons. The molecule has 8 heteroatoms. The average Bonchev–Trinajstić information content (AvgIpc) is 3.03. The highest BCUT2D eigenvalue weighted by Gasteiger charge is 2.23. The van der Waals surface area contributed by atoms with Crippen molar-refractivity contribution in [1.29, 1.82) is 0 Å². The monoisotopic (exact) mass is 408 g/mol. The van der Waals surface area contributed by atoms with Crippen LogP contribution in [0.25, 0.3) is 10.2 Å². The van der Waals surface area contributed by atoms with Crippen LogP contribution in [0.5, 0.6) is 5.75 Å². The highest BCUT2D eigenvalue weighted by Crippen LogP contribution is 2.32. The predicted octanol–water partition coefficient (Wildman–Crippen LogP) is 4.21. The summed E-state index contributed by atoms with van der Waals surface area (Å²) in [5.74, 6) is 1.48. The lowest BCUT2D eigenvalue weighted by Gasteiger charge is -2.15. The van der Waals surface area contributed by atoms with Gasteiger partial charge >= 0.3 is 0 Å². The molecule has 3 rings (SSSR count). The molecule has 1 heterocycles. The first-order valence-corrected chi connectivity index (χ1v) is 11.5. The Kier molecular flexibility index (Phi) is 6.18. The fourth-order valence-corrected chi connectivity index (χ4v) is 5.81. The fraction of sp³-hybridized carbons (Fsp3) is 0.278. The topological polar surface area (TPSA) is 82.3 Å². The largest absolute Gasteiger partial charge is 0.497 e. The SMILES string of the molecule is COc1ccc(C(CCCSc2nc3ccccc3s2)S(N)(=O)=O)cc1. The van der Waals surface area contributed by atoms with Crippen LogP contribution in [0.2, 0.25) is 0 Å². The molecule has 0 bridgehead atoms. The van der Waals surface area contributed by atoms with Crippen LogP contribution in [0, 0.1) is 0 Å². The van der Waals surface area contributed by atoms with Crippen molar-refractivity contribution in [2.45, 2.75) is 22.4 Å². The van der Waals surface area contributed by atoms with Crippen molar-refractivity contribution >= 4 is 43.3 Å². The summed E-state index contributed by atoms with van der Waals surface area (Å²) in [4.78, 5) is 4.58. The summed E-state index contributed by atoms with van der Waals surface area (Å²) >= 11 is 3.31. The normalized spacial score (nSPS) is 13.0. The van der Waals surface area contributed by atoms with Crippen LogP contribution in [-0.4, -0.2) is 26.3 Å². The molecule has 0 aliphatic heterocycles. The molecule has 0 aliphatic rings. The number of sulfonamides is 1. The predicted molar refractivity (Wildman–Crippen MR) is 108 cm³/mol. The quantitative estimate of drug-likeness (QED) is 0.446. The van der Waals surface area contributed by atoms with Gasteiger partial charge in [-0.1, -0.05) is 36.0 Å². The Morgan fingerprint density at radius 2 is 1.92 bits per heavy atom. The van der Waals surface area contributed by atoms with E-state index in [-0.39, 0.29) is 0 Å². The number of methoxy groups -OCH3 is 1. The van der Waals surface area contributed by atoms with E-state index in [1.165, 1.54) is 0 Å². The second kappa shape index (κ2) is 8.39. The Morgan fingerprint density at radius 3 is 2.58 bits per heavy atom. The van der Waals surface area contributed by atoms with Crippen molar-refractivity contribution in [2.24, 2.45) is 5.14 Å². The maximum Gasteiger partial charge on any atom is 0.216 e. The molecule has 0 spiro atoms. The molecule has 3 aromatic rings. The molecule has 0 fully saturated rings. The van der Waals surface area contributed by atoms with Gasteiger partial charge in [0.05, 0.1) is 17.3 Å². The molecule has 1 aromatic heterocycles. The Bertz CT molecular complexity index is 936. The van der Waals surface area contributed by atoms with E-state index < -0.39 is 15.3 Å². The molecule has 2 aromatic carbocycles. The summed E-state index contributed by atoms with van der Waals surface area (Å²) in [6.45, 7) is 0. The third kappa shape index (κ3) is 4.76. The van der Waals surface area contributed by atoms with E-state index in [2.05, 4.69) is 11.1 Å². The number of fused-ring (bicyclic) bond motifs is 1. The lowest BCUT2D eigenvalue weighted by atomic mass is 10.1. The maximum absolute atomic E-state index is 12.0. The van der Waals surface area contributed by atoms with E-state index in [0.717, 1.165) is 26.7 Å². The zero-order chi connectivity index (χ0) is 18.6. The number of thioether (sulfide) groups is 1. The second-order valence-electron chi connectivity index (χ2n) is 5.79. The van der Waals surface area contributed by atoms with E-state index in [1.54, 1.807) is 54.5 Å². The van der Waals surface area contributed by atoms with E-state index >= 15 is 0 Å². The molecule has 1 atom stereocenters. The van der Waals surface area contributed by atoms with Crippen LogP contribution in [-0.2, 0) is 10.0 Å². The number of aromatic nitrogens is 1. The molecule has 5 nitrogen and oxygen atoms in total. The van der Waals surface area contributed by atoms with Crippen LogP contribution < -0.4 is 9.88 Å². The van der Waals surface area contributed by atoms with Gasteiger partial charge < -0.3 is 4.74 Å². The molecule has 0 aliphatic carbocycles. The Morgan fingerprint density at radius 1 is 1.19 bits per heavy atom. The molecular weight excluding hydrogens is 388 g/mol. The highest BCUT2D eigenvalue weighted by molar-refractivity contribution is 8.01. The van der Waals surface area contributed by atoms with Crippen LogP contribution in [0.4, 0.5) is 0 Å². The van der Waals surface area contributed by atoms with Crippen molar-refractivity contribution in [3.05, 3.63) is 54.1 Å².